The smallest absolute Gasteiger partial charge is 0.318 e. The molecule has 13 heavy (non-hydrogen) atoms. The molecular formula is C9H16FNO2. The molecule has 1 aliphatic rings. The largest absolute Gasteiger partial charge is 0.365 e. The number of carbonyl (C=O) groups is 1. The lowest BCUT2D eigenvalue weighted by Crippen LogP contribution is -2.33. The first kappa shape index (κ1) is 10.4. The lowest BCUT2D eigenvalue weighted by molar-refractivity contribution is -0.185. The molecule has 1 rings (SSSR count). The van der Waals surface area contributed by atoms with E-state index in [1.807, 2.05) is 0 Å². The molecule has 1 saturated carbocycles. The van der Waals surface area contributed by atoms with Gasteiger partial charge in [-0.2, -0.15) is 0 Å². The Labute approximate surface area is 77.3 Å². The van der Waals surface area contributed by atoms with Gasteiger partial charge in [0, 0.05) is 4.53 Å². The second-order valence-corrected chi connectivity index (χ2v) is 3.74. The van der Waals surface area contributed by atoms with Crippen LogP contribution in [0.15, 0.2) is 0 Å². The van der Waals surface area contributed by atoms with Crippen LogP contribution in [-0.2, 0) is 9.74 Å². The fourth-order valence-electron chi connectivity index (χ4n) is 1.94. The highest BCUT2D eigenvalue weighted by atomic mass is 19.3. The minimum atomic E-state index is -0.939. The summed E-state index contributed by atoms with van der Waals surface area (Å²) in [5.74, 6) is -0.464. The zero-order valence-corrected chi connectivity index (χ0v) is 7.67. The molecule has 1 aliphatic carbocycles. The van der Waals surface area contributed by atoms with Gasteiger partial charge >= 0.3 is 5.97 Å². The SMILES string of the molecule is N[C@@H](CC1CCCCC1)C(=O)OF. The minimum absolute atomic E-state index is 0.475. The van der Waals surface area contributed by atoms with Crippen LogP contribution in [0, 0.1) is 5.92 Å². The number of nitrogens with two attached hydrogens (primary N) is 1. The standard InChI is InChI=1S/C9H16FNO2/c10-13-9(12)8(11)6-7-4-2-1-3-5-7/h7-8H,1-6,11H2/t8-/m0/s1. The first-order chi connectivity index (χ1) is 6.24. The Balaban J connectivity index is 2.25. The van der Waals surface area contributed by atoms with Crippen LogP contribution in [0.5, 0.6) is 0 Å². The Morgan fingerprint density at radius 3 is 2.62 bits per heavy atom. The molecule has 0 aromatic rings. The summed E-state index contributed by atoms with van der Waals surface area (Å²) in [6, 6.07) is -0.784. The van der Waals surface area contributed by atoms with Gasteiger partial charge in [0.2, 0.25) is 0 Å². The Morgan fingerprint density at radius 1 is 1.46 bits per heavy atom. The van der Waals surface area contributed by atoms with Gasteiger partial charge in [-0.15, -0.1) is 0 Å². The van der Waals surface area contributed by atoms with E-state index in [2.05, 4.69) is 4.94 Å². The molecule has 0 radical (unpaired) electrons. The molecule has 4 heteroatoms. The van der Waals surface area contributed by atoms with Crippen LogP contribution in [0.1, 0.15) is 38.5 Å². The molecule has 0 aromatic carbocycles. The molecule has 0 aliphatic heterocycles. The molecule has 3 nitrogen and oxygen atoms in total. The molecule has 0 heterocycles. The highest BCUT2D eigenvalue weighted by Gasteiger charge is 2.22. The summed E-state index contributed by atoms with van der Waals surface area (Å²) in [4.78, 5) is 13.8. The van der Waals surface area contributed by atoms with Gasteiger partial charge in [-0.1, -0.05) is 32.1 Å². The average Bonchev–Trinajstić information content (AvgIpc) is 2.18. The monoisotopic (exact) mass is 189 g/mol. The number of rotatable bonds is 3. The van der Waals surface area contributed by atoms with Gasteiger partial charge in [-0.05, 0) is 12.3 Å². The molecular weight excluding hydrogens is 173 g/mol. The van der Waals surface area contributed by atoms with Crippen LogP contribution < -0.4 is 5.73 Å². The third kappa shape index (κ3) is 3.30. The maximum atomic E-state index is 11.5. The van der Waals surface area contributed by atoms with Crippen LogP contribution in [0.25, 0.3) is 0 Å². The number of carbonyl (C=O) groups excluding carboxylic acids is 1. The summed E-state index contributed by atoms with van der Waals surface area (Å²) >= 11 is 0. The highest BCUT2D eigenvalue weighted by molar-refractivity contribution is 5.74. The first-order valence-electron chi connectivity index (χ1n) is 4.82. The summed E-state index contributed by atoms with van der Waals surface area (Å²) in [6.07, 6.45) is 6.42. The Kier molecular flexibility index (Phi) is 4.15. The number of hydrogen-bond acceptors (Lipinski definition) is 3. The highest BCUT2D eigenvalue weighted by Crippen LogP contribution is 2.27. The predicted molar refractivity (Wildman–Crippen MR) is 46.4 cm³/mol. The van der Waals surface area contributed by atoms with Crippen molar-refractivity contribution in [2.24, 2.45) is 11.7 Å². The Morgan fingerprint density at radius 2 is 2.08 bits per heavy atom. The van der Waals surface area contributed by atoms with E-state index in [-0.39, 0.29) is 0 Å². The molecule has 1 atom stereocenters. The van der Waals surface area contributed by atoms with Gasteiger partial charge < -0.3 is 5.73 Å². The second-order valence-electron chi connectivity index (χ2n) is 3.74. The van der Waals surface area contributed by atoms with Gasteiger partial charge in [0.1, 0.15) is 6.04 Å². The fourth-order valence-corrected chi connectivity index (χ4v) is 1.94. The maximum Gasteiger partial charge on any atom is 0.365 e. The lowest BCUT2D eigenvalue weighted by atomic mass is 9.85. The molecule has 0 aromatic heterocycles. The van der Waals surface area contributed by atoms with Crippen molar-refractivity contribution in [2.75, 3.05) is 0 Å². The van der Waals surface area contributed by atoms with Crippen LogP contribution in [-0.4, -0.2) is 12.0 Å². The topological polar surface area (TPSA) is 52.3 Å². The molecule has 0 saturated heterocycles. The molecule has 0 bridgehead atoms. The molecule has 0 amide bonds. The van der Waals surface area contributed by atoms with Crippen LogP contribution in [0.4, 0.5) is 4.53 Å². The van der Waals surface area contributed by atoms with E-state index in [1.165, 1.54) is 19.3 Å². The van der Waals surface area contributed by atoms with Crippen molar-refractivity contribution in [3.63, 3.8) is 0 Å². The normalized spacial score (nSPS) is 21.1. The van der Waals surface area contributed by atoms with E-state index >= 15 is 0 Å². The third-order valence-electron chi connectivity index (χ3n) is 2.69. The van der Waals surface area contributed by atoms with Gasteiger partial charge in [0.15, 0.2) is 0 Å². The van der Waals surface area contributed by atoms with E-state index in [0.29, 0.717) is 12.3 Å². The van der Waals surface area contributed by atoms with Gasteiger partial charge in [-0.25, -0.2) is 4.79 Å². The summed E-state index contributed by atoms with van der Waals surface area (Å²) in [5, 5.41) is 0. The lowest BCUT2D eigenvalue weighted by Gasteiger charge is -2.22. The van der Waals surface area contributed by atoms with E-state index < -0.39 is 12.0 Å². The van der Waals surface area contributed by atoms with E-state index in [0.717, 1.165) is 12.8 Å². The summed E-state index contributed by atoms with van der Waals surface area (Å²) in [7, 11) is 0. The average molecular weight is 189 g/mol. The van der Waals surface area contributed by atoms with Gasteiger partial charge in [0.25, 0.3) is 0 Å². The van der Waals surface area contributed by atoms with Crippen molar-refractivity contribution < 1.29 is 14.3 Å². The number of halogens is 1. The quantitative estimate of drug-likeness (QED) is 0.735. The zero-order valence-electron chi connectivity index (χ0n) is 7.67. The fraction of sp³-hybridized carbons (Fsp3) is 0.889. The molecule has 76 valence electrons. The maximum absolute atomic E-state index is 11.5. The van der Waals surface area contributed by atoms with Crippen molar-refractivity contribution >= 4 is 5.97 Å². The number of hydrogen-bond donors (Lipinski definition) is 1. The molecule has 1 fully saturated rings. The van der Waals surface area contributed by atoms with Crippen LogP contribution in [0.3, 0.4) is 0 Å². The predicted octanol–water partition coefficient (Wildman–Crippen LogP) is 1.71. The van der Waals surface area contributed by atoms with E-state index in [9.17, 15) is 9.32 Å². The third-order valence-corrected chi connectivity index (χ3v) is 2.69. The second kappa shape index (κ2) is 5.17. The molecule has 2 N–H and O–H groups in total. The van der Waals surface area contributed by atoms with Crippen LogP contribution >= 0.6 is 0 Å². The van der Waals surface area contributed by atoms with Gasteiger partial charge in [0.05, 0.1) is 0 Å². The molecule has 0 unspecified atom stereocenters. The van der Waals surface area contributed by atoms with Crippen molar-refractivity contribution in [3.8, 4) is 0 Å². The Bertz CT molecular complexity index is 169. The summed E-state index contributed by atoms with van der Waals surface area (Å²) < 4.78 is 11.5. The summed E-state index contributed by atoms with van der Waals surface area (Å²) in [5.41, 5.74) is 5.44. The van der Waals surface area contributed by atoms with E-state index in [1.54, 1.807) is 0 Å². The molecule has 0 spiro atoms. The minimum Gasteiger partial charge on any atom is -0.318 e. The van der Waals surface area contributed by atoms with Crippen molar-refractivity contribution in [3.05, 3.63) is 0 Å². The van der Waals surface area contributed by atoms with Crippen molar-refractivity contribution in [1.82, 2.24) is 0 Å². The summed E-state index contributed by atoms with van der Waals surface area (Å²) in [6.45, 7) is 0. The van der Waals surface area contributed by atoms with Crippen molar-refractivity contribution in [1.29, 1.82) is 0 Å². The van der Waals surface area contributed by atoms with Crippen LogP contribution in [0.2, 0.25) is 0 Å². The van der Waals surface area contributed by atoms with Crippen molar-refractivity contribution in [2.45, 2.75) is 44.6 Å². The van der Waals surface area contributed by atoms with Gasteiger partial charge in [-0.3, -0.25) is 4.94 Å². The first-order valence-corrected chi connectivity index (χ1v) is 4.82. The zero-order chi connectivity index (χ0) is 9.68. The van der Waals surface area contributed by atoms with E-state index in [4.69, 9.17) is 5.73 Å². The Hall–Kier alpha value is -0.640.